The second kappa shape index (κ2) is 9.40. The van der Waals surface area contributed by atoms with Gasteiger partial charge in [-0.25, -0.2) is 17.9 Å². The minimum absolute atomic E-state index is 0.0435. The topological polar surface area (TPSA) is 76.0 Å². The second-order valence-corrected chi connectivity index (χ2v) is 7.22. The molecule has 0 fully saturated rings. The van der Waals surface area contributed by atoms with Crippen LogP contribution in [0.15, 0.2) is 36.4 Å². The van der Waals surface area contributed by atoms with E-state index in [1.807, 2.05) is 0 Å². The Labute approximate surface area is 185 Å². The largest absolute Gasteiger partial charge is 0.343 e. The van der Waals surface area contributed by atoms with Crippen LogP contribution < -0.4 is 10.6 Å². The molecule has 0 aliphatic carbocycles. The molecule has 0 aliphatic heterocycles. The van der Waals surface area contributed by atoms with Gasteiger partial charge >= 0.3 is 0 Å². The Morgan fingerprint density at radius 2 is 1.77 bits per heavy atom. The maximum Gasteiger partial charge on any atom is 0.256 e. The molecular weight excluding hydrogens is 456 g/mol. The van der Waals surface area contributed by atoms with Gasteiger partial charge in [0.15, 0.2) is 17.5 Å². The van der Waals surface area contributed by atoms with Crippen LogP contribution in [0.1, 0.15) is 21.6 Å². The number of rotatable bonds is 6. The molecule has 0 unspecified atom stereocenters. The normalized spacial score (nSPS) is 10.8. The van der Waals surface area contributed by atoms with Crippen LogP contribution in [0.3, 0.4) is 0 Å². The van der Waals surface area contributed by atoms with Crippen molar-refractivity contribution in [2.24, 2.45) is 0 Å². The molecule has 6 nitrogen and oxygen atoms in total. The van der Waals surface area contributed by atoms with E-state index >= 15 is 0 Å². The lowest BCUT2D eigenvalue weighted by atomic mass is 10.2. The van der Waals surface area contributed by atoms with Gasteiger partial charge in [0.05, 0.1) is 30.0 Å². The number of nitrogens with one attached hydrogen (secondary N) is 2. The molecule has 2 aromatic carbocycles. The third-order valence-electron chi connectivity index (χ3n) is 4.29. The number of benzene rings is 2. The number of anilines is 1. The summed E-state index contributed by atoms with van der Waals surface area (Å²) in [6.45, 7) is 1.23. The Kier molecular flexibility index (Phi) is 6.87. The number of nitrogens with zero attached hydrogens (tertiary/aromatic N) is 2. The maximum atomic E-state index is 13.6. The van der Waals surface area contributed by atoms with Crippen LogP contribution in [0.5, 0.6) is 0 Å². The Bertz CT molecular complexity index is 1170. The zero-order valence-electron chi connectivity index (χ0n) is 16.0. The third-order valence-corrected chi connectivity index (χ3v) is 5.04. The molecule has 3 rings (SSSR count). The summed E-state index contributed by atoms with van der Waals surface area (Å²) in [4.78, 5) is 24.5. The van der Waals surface area contributed by atoms with E-state index in [1.165, 1.54) is 4.68 Å². The Balaban J connectivity index is 1.67. The highest BCUT2D eigenvalue weighted by Gasteiger charge is 2.22. The van der Waals surface area contributed by atoms with Crippen LogP contribution in [0.4, 0.5) is 18.9 Å². The lowest BCUT2D eigenvalue weighted by Crippen LogP contribution is -2.33. The van der Waals surface area contributed by atoms with Crippen molar-refractivity contribution < 1.29 is 22.8 Å². The van der Waals surface area contributed by atoms with Crippen LogP contribution in [0.25, 0.3) is 0 Å². The highest BCUT2D eigenvalue weighted by atomic mass is 35.5. The number of amides is 2. The molecule has 0 aliphatic rings. The predicted molar refractivity (Wildman–Crippen MR) is 110 cm³/mol. The highest BCUT2D eigenvalue weighted by molar-refractivity contribution is 6.33. The molecule has 2 N–H and O–H groups in total. The first-order valence-corrected chi connectivity index (χ1v) is 9.62. The van der Waals surface area contributed by atoms with Crippen LogP contribution >= 0.6 is 23.2 Å². The molecule has 0 bridgehead atoms. The van der Waals surface area contributed by atoms with Gasteiger partial charge in [-0.15, -0.1) is 0 Å². The first kappa shape index (κ1) is 22.6. The van der Waals surface area contributed by atoms with E-state index in [4.69, 9.17) is 23.2 Å². The molecule has 31 heavy (non-hydrogen) atoms. The van der Waals surface area contributed by atoms with Gasteiger partial charge in [-0.1, -0.05) is 41.4 Å². The molecule has 11 heteroatoms. The Morgan fingerprint density at radius 1 is 1.06 bits per heavy atom. The zero-order chi connectivity index (χ0) is 22.7. The first-order valence-electron chi connectivity index (χ1n) is 8.87. The van der Waals surface area contributed by atoms with Crippen molar-refractivity contribution >= 4 is 40.7 Å². The molecule has 0 saturated carbocycles. The van der Waals surface area contributed by atoms with E-state index < -0.39 is 41.5 Å². The van der Waals surface area contributed by atoms with Gasteiger partial charge < -0.3 is 10.6 Å². The van der Waals surface area contributed by atoms with Gasteiger partial charge in [-0.3, -0.25) is 9.59 Å². The van der Waals surface area contributed by atoms with Gasteiger partial charge in [0, 0.05) is 5.02 Å². The predicted octanol–water partition coefficient (Wildman–Crippen LogP) is 4.33. The molecular formula is C20H15Cl2F3N4O2. The molecule has 3 aromatic rings. The number of halogens is 5. The lowest BCUT2D eigenvalue weighted by molar-refractivity contribution is -0.115. The van der Waals surface area contributed by atoms with E-state index in [0.29, 0.717) is 16.8 Å². The van der Waals surface area contributed by atoms with Gasteiger partial charge in [0.2, 0.25) is 5.91 Å². The summed E-state index contributed by atoms with van der Waals surface area (Å²) in [6.07, 6.45) is 0. The summed E-state index contributed by atoms with van der Waals surface area (Å²) in [5.41, 5.74) is 0.565. The molecule has 162 valence electrons. The molecule has 1 aromatic heterocycles. The second-order valence-electron chi connectivity index (χ2n) is 6.45. The molecule has 0 atom stereocenters. The summed E-state index contributed by atoms with van der Waals surface area (Å²) in [5.74, 6) is -6.18. The summed E-state index contributed by atoms with van der Waals surface area (Å²) in [5, 5.41) is 9.17. The van der Waals surface area contributed by atoms with Gasteiger partial charge in [-0.05, 0) is 30.7 Å². The summed E-state index contributed by atoms with van der Waals surface area (Å²) < 4.78 is 41.2. The van der Waals surface area contributed by atoms with E-state index in [-0.39, 0.29) is 17.3 Å². The number of hydrogen-bond acceptors (Lipinski definition) is 3. The number of hydrogen-bond donors (Lipinski definition) is 2. The van der Waals surface area contributed by atoms with Crippen molar-refractivity contribution in [2.45, 2.75) is 13.5 Å². The van der Waals surface area contributed by atoms with Gasteiger partial charge in [0.1, 0.15) is 5.15 Å². The minimum atomic E-state index is -1.71. The fourth-order valence-electron chi connectivity index (χ4n) is 2.77. The SMILES string of the molecule is Cc1nn(Cc2ccccc2Cl)c(Cl)c1C(=O)NCC(=O)Nc1ccc(F)c(F)c1F. The fourth-order valence-corrected chi connectivity index (χ4v) is 3.29. The van der Waals surface area contributed by atoms with Gasteiger partial charge in [0.25, 0.3) is 5.91 Å². The smallest absolute Gasteiger partial charge is 0.256 e. The standard InChI is InChI=1S/C20H15Cl2F3N4O2/c1-10-16(19(22)29(28-10)9-11-4-2-3-5-12(11)21)20(31)26-8-15(30)27-14-7-6-13(23)17(24)18(14)25/h2-7H,8-9H2,1H3,(H,26,31)(H,27,30). The van der Waals surface area contributed by atoms with E-state index in [9.17, 15) is 22.8 Å². The fraction of sp³-hybridized carbons (Fsp3) is 0.150. The molecule has 0 saturated heterocycles. The van der Waals surface area contributed by atoms with E-state index in [1.54, 1.807) is 31.2 Å². The van der Waals surface area contributed by atoms with Crippen molar-refractivity contribution in [1.29, 1.82) is 0 Å². The molecule has 0 spiro atoms. The van der Waals surface area contributed by atoms with Crippen LogP contribution in [0.2, 0.25) is 10.2 Å². The zero-order valence-corrected chi connectivity index (χ0v) is 17.5. The molecule has 0 radical (unpaired) electrons. The first-order chi connectivity index (χ1) is 14.7. The number of carbonyl (C=O) groups is 2. The average molecular weight is 471 g/mol. The quantitative estimate of drug-likeness (QED) is 0.526. The highest BCUT2D eigenvalue weighted by Crippen LogP contribution is 2.23. The van der Waals surface area contributed by atoms with Crippen molar-refractivity contribution in [3.63, 3.8) is 0 Å². The van der Waals surface area contributed by atoms with Gasteiger partial charge in [-0.2, -0.15) is 5.10 Å². The van der Waals surface area contributed by atoms with Crippen LogP contribution in [-0.4, -0.2) is 28.1 Å². The van der Waals surface area contributed by atoms with Crippen molar-refractivity contribution in [3.8, 4) is 0 Å². The van der Waals surface area contributed by atoms with Crippen LogP contribution in [-0.2, 0) is 11.3 Å². The Hall–Kier alpha value is -3.04. The number of carbonyl (C=O) groups excluding carboxylic acids is 2. The summed E-state index contributed by atoms with van der Waals surface area (Å²) in [7, 11) is 0. The van der Waals surface area contributed by atoms with Crippen molar-refractivity contribution in [3.05, 3.63) is 80.8 Å². The Morgan fingerprint density at radius 3 is 2.48 bits per heavy atom. The van der Waals surface area contributed by atoms with E-state index in [2.05, 4.69) is 15.7 Å². The van der Waals surface area contributed by atoms with Crippen molar-refractivity contribution in [1.82, 2.24) is 15.1 Å². The van der Waals surface area contributed by atoms with E-state index in [0.717, 1.165) is 11.6 Å². The number of aryl methyl sites for hydroxylation is 1. The lowest BCUT2D eigenvalue weighted by Gasteiger charge is -2.09. The minimum Gasteiger partial charge on any atom is -0.343 e. The average Bonchev–Trinajstić information content (AvgIpc) is 3.01. The summed E-state index contributed by atoms with van der Waals surface area (Å²) in [6, 6.07) is 8.61. The number of aromatic nitrogens is 2. The summed E-state index contributed by atoms with van der Waals surface area (Å²) >= 11 is 12.4. The molecule has 2 amide bonds. The maximum absolute atomic E-state index is 13.6. The third kappa shape index (κ3) is 5.00. The monoisotopic (exact) mass is 470 g/mol. The van der Waals surface area contributed by atoms with Crippen molar-refractivity contribution in [2.75, 3.05) is 11.9 Å². The molecule has 1 heterocycles. The van der Waals surface area contributed by atoms with Crippen LogP contribution in [0, 0.1) is 24.4 Å².